The number of carbonyl (C=O) groups is 2. The first-order valence-corrected chi connectivity index (χ1v) is 6.80. The quantitative estimate of drug-likeness (QED) is 0.789. The molecule has 1 aliphatic carbocycles. The second kappa shape index (κ2) is 6.36. The summed E-state index contributed by atoms with van der Waals surface area (Å²) in [5.74, 6) is -1.34. The number of nitrogens with zero attached hydrogens (tertiary/aromatic N) is 1. The number of pyridine rings is 1. The summed E-state index contributed by atoms with van der Waals surface area (Å²) in [4.78, 5) is 27.2. The standard InChI is InChI=1S/C14H19N3O3/c1-9-11(7-4-8-15-9)16-14(20)17-12-6-3-2-5-10(12)13(18)19/h4,7-8,10,12H,2-3,5-6H2,1H3,(H,18,19)(H2,16,17,20). The summed E-state index contributed by atoms with van der Waals surface area (Å²) in [6, 6.07) is 2.82. The molecule has 108 valence electrons. The lowest BCUT2D eigenvalue weighted by atomic mass is 9.84. The number of rotatable bonds is 3. The van der Waals surface area contributed by atoms with E-state index >= 15 is 0 Å². The summed E-state index contributed by atoms with van der Waals surface area (Å²) < 4.78 is 0. The number of aromatic nitrogens is 1. The van der Waals surface area contributed by atoms with Crippen LogP contribution in [0.2, 0.25) is 0 Å². The second-order valence-corrected chi connectivity index (χ2v) is 5.07. The van der Waals surface area contributed by atoms with Crippen LogP contribution >= 0.6 is 0 Å². The van der Waals surface area contributed by atoms with Crippen molar-refractivity contribution < 1.29 is 14.7 Å². The first-order valence-electron chi connectivity index (χ1n) is 6.80. The van der Waals surface area contributed by atoms with E-state index in [1.54, 1.807) is 25.3 Å². The zero-order chi connectivity index (χ0) is 14.5. The monoisotopic (exact) mass is 277 g/mol. The molecule has 0 spiro atoms. The molecule has 2 atom stereocenters. The summed E-state index contributed by atoms with van der Waals surface area (Å²) in [6.45, 7) is 1.80. The number of anilines is 1. The first-order chi connectivity index (χ1) is 9.58. The summed E-state index contributed by atoms with van der Waals surface area (Å²) in [7, 11) is 0. The number of carboxylic acid groups (broad SMARTS) is 1. The van der Waals surface area contributed by atoms with Crippen molar-refractivity contribution in [3.63, 3.8) is 0 Å². The number of carboxylic acids is 1. The van der Waals surface area contributed by atoms with Gasteiger partial charge in [0, 0.05) is 12.2 Å². The molecule has 2 unspecified atom stereocenters. The molecule has 1 aromatic rings. The topological polar surface area (TPSA) is 91.3 Å². The van der Waals surface area contributed by atoms with Gasteiger partial charge in [-0.3, -0.25) is 9.78 Å². The maximum atomic E-state index is 12.0. The average Bonchev–Trinajstić information content (AvgIpc) is 2.41. The van der Waals surface area contributed by atoms with E-state index in [1.807, 2.05) is 0 Å². The van der Waals surface area contributed by atoms with E-state index in [4.69, 9.17) is 0 Å². The van der Waals surface area contributed by atoms with Crippen LogP contribution in [0, 0.1) is 12.8 Å². The van der Waals surface area contributed by atoms with Gasteiger partial charge in [0.1, 0.15) is 0 Å². The van der Waals surface area contributed by atoms with Gasteiger partial charge in [0.2, 0.25) is 0 Å². The first kappa shape index (κ1) is 14.3. The van der Waals surface area contributed by atoms with Crippen LogP contribution < -0.4 is 10.6 Å². The number of aryl methyl sites for hydroxylation is 1. The Balaban J connectivity index is 1.96. The molecule has 20 heavy (non-hydrogen) atoms. The zero-order valence-electron chi connectivity index (χ0n) is 11.4. The third-order valence-electron chi connectivity index (χ3n) is 3.65. The summed E-state index contributed by atoms with van der Waals surface area (Å²) in [5.41, 5.74) is 1.36. The maximum Gasteiger partial charge on any atom is 0.319 e. The molecule has 2 amide bonds. The van der Waals surface area contributed by atoms with E-state index in [2.05, 4.69) is 15.6 Å². The highest BCUT2D eigenvalue weighted by atomic mass is 16.4. The largest absolute Gasteiger partial charge is 0.481 e. The molecule has 1 heterocycles. The maximum absolute atomic E-state index is 12.0. The van der Waals surface area contributed by atoms with Gasteiger partial charge in [0.25, 0.3) is 0 Å². The fourth-order valence-corrected chi connectivity index (χ4v) is 2.54. The number of urea groups is 1. The molecule has 3 N–H and O–H groups in total. The molecule has 0 saturated heterocycles. The summed E-state index contributed by atoms with van der Waals surface area (Å²) >= 11 is 0. The molecule has 0 bridgehead atoms. The van der Waals surface area contributed by atoms with Crippen LogP contribution in [0.1, 0.15) is 31.4 Å². The van der Waals surface area contributed by atoms with Crippen LogP contribution in [-0.4, -0.2) is 28.1 Å². The van der Waals surface area contributed by atoms with Gasteiger partial charge < -0.3 is 15.7 Å². The Morgan fingerprint density at radius 1 is 1.35 bits per heavy atom. The van der Waals surface area contributed by atoms with Gasteiger partial charge in [0.15, 0.2) is 0 Å². The zero-order valence-corrected chi connectivity index (χ0v) is 11.4. The van der Waals surface area contributed by atoms with E-state index in [1.165, 1.54) is 0 Å². The predicted octanol–water partition coefficient (Wildman–Crippen LogP) is 2.15. The second-order valence-electron chi connectivity index (χ2n) is 5.07. The van der Waals surface area contributed by atoms with Crippen LogP contribution in [0.4, 0.5) is 10.5 Å². The molecule has 2 rings (SSSR count). The highest BCUT2D eigenvalue weighted by Gasteiger charge is 2.31. The SMILES string of the molecule is Cc1ncccc1NC(=O)NC1CCCCC1C(=O)O. The predicted molar refractivity (Wildman–Crippen MR) is 74.5 cm³/mol. The third kappa shape index (κ3) is 3.46. The van der Waals surface area contributed by atoms with Crippen molar-refractivity contribution in [2.45, 2.75) is 38.6 Å². The molecule has 0 aliphatic heterocycles. The van der Waals surface area contributed by atoms with Crippen molar-refractivity contribution in [3.05, 3.63) is 24.0 Å². The van der Waals surface area contributed by atoms with Crippen molar-refractivity contribution in [1.82, 2.24) is 10.3 Å². The number of aliphatic carboxylic acids is 1. The molecule has 6 nitrogen and oxygen atoms in total. The van der Waals surface area contributed by atoms with Crippen LogP contribution in [0.3, 0.4) is 0 Å². The van der Waals surface area contributed by atoms with Gasteiger partial charge in [-0.1, -0.05) is 12.8 Å². The number of hydrogen-bond donors (Lipinski definition) is 3. The van der Waals surface area contributed by atoms with Gasteiger partial charge in [-0.2, -0.15) is 0 Å². The van der Waals surface area contributed by atoms with E-state index in [0.717, 1.165) is 18.5 Å². The number of nitrogens with one attached hydrogen (secondary N) is 2. The Bertz CT molecular complexity index is 504. The van der Waals surface area contributed by atoms with Crippen molar-refractivity contribution in [1.29, 1.82) is 0 Å². The van der Waals surface area contributed by atoms with Gasteiger partial charge in [-0.25, -0.2) is 4.79 Å². The van der Waals surface area contributed by atoms with Crippen LogP contribution in [0.15, 0.2) is 18.3 Å². The fraction of sp³-hybridized carbons (Fsp3) is 0.500. The molecule has 0 aromatic carbocycles. The smallest absolute Gasteiger partial charge is 0.319 e. The summed E-state index contributed by atoms with van der Waals surface area (Å²) in [5, 5.41) is 14.7. The van der Waals surface area contributed by atoms with Crippen LogP contribution in [0.25, 0.3) is 0 Å². The van der Waals surface area contributed by atoms with E-state index in [0.29, 0.717) is 18.5 Å². The van der Waals surface area contributed by atoms with Gasteiger partial charge in [0.05, 0.1) is 17.3 Å². The molecular weight excluding hydrogens is 258 g/mol. The van der Waals surface area contributed by atoms with Crippen molar-refractivity contribution in [2.24, 2.45) is 5.92 Å². The van der Waals surface area contributed by atoms with Crippen LogP contribution in [0.5, 0.6) is 0 Å². The van der Waals surface area contributed by atoms with Crippen LogP contribution in [-0.2, 0) is 4.79 Å². The van der Waals surface area contributed by atoms with E-state index < -0.39 is 11.9 Å². The molecule has 1 saturated carbocycles. The lowest BCUT2D eigenvalue weighted by molar-refractivity contribution is -0.143. The van der Waals surface area contributed by atoms with E-state index in [9.17, 15) is 14.7 Å². The Morgan fingerprint density at radius 3 is 2.80 bits per heavy atom. The molecule has 1 aromatic heterocycles. The minimum atomic E-state index is -0.840. The molecular formula is C14H19N3O3. The lowest BCUT2D eigenvalue weighted by Crippen LogP contribution is -2.46. The highest BCUT2D eigenvalue weighted by Crippen LogP contribution is 2.24. The van der Waals surface area contributed by atoms with Gasteiger partial charge >= 0.3 is 12.0 Å². The average molecular weight is 277 g/mol. The van der Waals surface area contributed by atoms with Gasteiger partial charge in [-0.05, 0) is 31.9 Å². The lowest BCUT2D eigenvalue weighted by Gasteiger charge is -2.29. The number of amides is 2. The minimum Gasteiger partial charge on any atom is -0.481 e. The minimum absolute atomic E-state index is 0.307. The fourth-order valence-electron chi connectivity index (χ4n) is 2.54. The highest BCUT2D eigenvalue weighted by molar-refractivity contribution is 5.90. The molecule has 1 fully saturated rings. The normalized spacial score (nSPS) is 22.1. The summed E-state index contributed by atoms with van der Waals surface area (Å²) in [6.07, 6.45) is 4.82. The Labute approximate surface area is 117 Å². The molecule has 0 radical (unpaired) electrons. The number of carbonyl (C=O) groups excluding carboxylic acids is 1. The van der Waals surface area contributed by atoms with E-state index in [-0.39, 0.29) is 12.1 Å². The van der Waals surface area contributed by atoms with Crippen molar-refractivity contribution in [3.8, 4) is 0 Å². The van der Waals surface area contributed by atoms with Gasteiger partial charge in [-0.15, -0.1) is 0 Å². The Hall–Kier alpha value is -2.11. The molecule has 6 heteroatoms. The van der Waals surface area contributed by atoms with Crippen molar-refractivity contribution in [2.75, 3.05) is 5.32 Å². The molecule has 1 aliphatic rings. The van der Waals surface area contributed by atoms with Crippen molar-refractivity contribution >= 4 is 17.7 Å². The Kier molecular flexibility index (Phi) is 4.55. The Morgan fingerprint density at radius 2 is 2.10 bits per heavy atom. The third-order valence-corrected chi connectivity index (χ3v) is 3.65. The number of hydrogen-bond acceptors (Lipinski definition) is 3.